The molecular weight excluding hydrogens is 456 g/mol. The third kappa shape index (κ3) is 4.02. The number of benzene rings is 3. The van der Waals surface area contributed by atoms with E-state index in [4.69, 9.17) is 23.8 Å². The van der Waals surface area contributed by atoms with Gasteiger partial charge in [0.15, 0.2) is 0 Å². The SMILES string of the molecule is O=C1NC(=S)SC1=Cc1cc(-c2ccccc2)n(-c2ccc(Cl)cc2)c1-c1ccccc1. The summed E-state index contributed by atoms with van der Waals surface area (Å²) in [7, 11) is 0. The number of hydrogen-bond donors (Lipinski definition) is 1. The molecule has 1 saturated heterocycles. The molecule has 1 amide bonds. The van der Waals surface area contributed by atoms with E-state index in [1.165, 1.54) is 11.8 Å². The highest BCUT2D eigenvalue weighted by atomic mass is 35.5. The van der Waals surface area contributed by atoms with Gasteiger partial charge < -0.3 is 9.88 Å². The summed E-state index contributed by atoms with van der Waals surface area (Å²) in [4.78, 5) is 13.0. The predicted octanol–water partition coefficient (Wildman–Crippen LogP) is 6.95. The summed E-state index contributed by atoms with van der Waals surface area (Å²) in [6.45, 7) is 0. The summed E-state index contributed by atoms with van der Waals surface area (Å²) in [6, 6.07) is 30.3. The fraction of sp³-hybridized carbons (Fsp3) is 0. The van der Waals surface area contributed by atoms with Gasteiger partial charge in [0, 0.05) is 16.3 Å². The van der Waals surface area contributed by atoms with Crippen LogP contribution in [0.5, 0.6) is 0 Å². The molecule has 1 aromatic heterocycles. The van der Waals surface area contributed by atoms with Gasteiger partial charge >= 0.3 is 0 Å². The molecule has 2 heterocycles. The van der Waals surface area contributed by atoms with Crippen LogP contribution in [0.25, 0.3) is 34.3 Å². The first kappa shape index (κ1) is 20.8. The Morgan fingerprint density at radius 2 is 1.50 bits per heavy atom. The number of halogens is 1. The van der Waals surface area contributed by atoms with Crippen LogP contribution in [0.4, 0.5) is 0 Å². The summed E-state index contributed by atoms with van der Waals surface area (Å²) in [5, 5.41) is 3.38. The molecule has 3 nitrogen and oxygen atoms in total. The number of nitrogens with zero attached hydrogens (tertiary/aromatic N) is 1. The van der Waals surface area contributed by atoms with Crippen LogP contribution in [0.2, 0.25) is 5.02 Å². The molecule has 0 unspecified atom stereocenters. The zero-order chi connectivity index (χ0) is 22.1. The average molecular weight is 473 g/mol. The van der Waals surface area contributed by atoms with Crippen LogP contribution in [-0.2, 0) is 4.79 Å². The van der Waals surface area contributed by atoms with Gasteiger partial charge in [-0.1, -0.05) is 96.2 Å². The van der Waals surface area contributed by atoms with Gasteiger partial charge in [0.25, 0.3) is 5.91 Å². The van der Waals surface area contributed by atoms with Crippen LogP contribution in [0, 0.1) is 0 Å². The van der Waals surface area contributed by atoms with Crippen molar-refractivity contribution >= 4 is 51.9 Å². The van der Waals surface area contributed by atoms with Crippen molar-refractivity contribution in [1.29, 1.82) is 0 Å². The predicted molar refractivity (Wildman–Crippen MR) is 138 cm³/mol. The Labute approximate surface area is 200 Å². The highest BCUT2D eigenvalue weighted by Gasteiger charge is 2.25. The Bertz CT molecular complexity index is 1340. The van der Waals surface area contributed by atoms with Crippen LogP contribution in [0.15, 0.2) is 95.9 Å². The molecule has 0 saturated carbocycles. The van der Waals surface area contributed by atoms with E-state index in [9.17, 15) is 4.79 Å². The number of thiocarbonyl (C=S) groups is 1. The summed E-state index contributed by atoms with van der Waals surface area (Å²) >= 11 is 12.7. The average Bonchev–Trinajstić information content (AvgIpc) is 3.34. The first-order chi connectivity index (χ1) is 15.6. The first-order valence-corrected chi connectivity index (χ1v) is 11.6. The zero-order valence-corrected chi connectivity index (χ0v) is 19.2. The third-order valence-electron chi connectivity index (χ3n) is 5.16. The van der Waals surface area contributed by atoms with Gasteiger partial charge in [-0.3, -0.25) is 4.79 Å². The summed E-state index contributed by atoms with van der Waals surface area (Å²) < 4.78 is 2.69. The number of amides is 1. The van der Waals surface area contributed by atoms with Crippen molar-refractivity contribution in [2.75, 3.05) is 0 Å². The lowest BCUT2D eigenvalue weighted by Gasteiger charge is -2.15. The molecule has 1 N–H and O–H groups in total. The largest absolute Gasteiger partial charge is 0.309 e. The van der Waals surface area contributed by atoms with Crippen molar-refractivity contribution < 1.29 is 4.79 Å². The highest BCUT2D eigenvalue weighted by molar-refractivity contribution is 8.26. The maximum absolute atomic E-state index is 12.4. The minimum absolute atomic E-state index is 0.167. The van der Waals surface area contributed by atoms with Crippen LogP contribution in [0.3, 0.4) is 0 Å². The van der Waals surface area contributed by atoms with Gasteiger partial charge in [-0.2, -0.15) is 0 Å². The molecule has 0 atom stereocenters. The Morgan fingerprint density at radius 3 is 2.09 bits per heavy atom. The summed E-state index contributed by atoms with van der Waals surface area (Å²) in [5.74, 6) is -0.167. The van der Waals surface area contributed by atoms with Gasteiger partial charge in [0.05, 0.1) is 16.3 Å². The normalized spacial score (nSPS) is 14.7. The molecule has 156 valence electrons. The Morgan fingerprint density at radius 1 is 0.875 bits per heavy atom. The number of nitrogens with one attached hydrogen (secondary N) is 1. The molecule has 0 aliphatic carbocycles. The second-order valence-corrected chi connectivity index (χ2v) is 9.38. The Hall–Kier alpha value is -3.12. The van der Waals surface area contributed by atoms with E-state index in [-0.39, 0.29) is 5.91 Å². The van der Waals surface area contributed by atoms with Crippen molar-refractivity contribution in [2.24, 2.45) is 0 Å². The fourth-order valence-electron chi connectivity index (χ4n) is 3.77. The molecule has 0 spiro atoms. The molecule has 32 heavy (non-hydrogen) atoms. The van der Waals surface area contributed by atoms with Gasteiger partial charge in [-0.15, -0.1) is 0 Å². The van der Waals surface area contributed by atoms with E-state index in [1.54, 1.807) is 0 Å². The summed E-state index contributed by atoms with van der Waals surface area (Å²) in [5.41, 5.74) is 6.05. The topological polar surface area (TPSA) is 34.0 Å². The molecule has 4 aromatic rings. The number of carbonyl (C=O) groups excluding carboxylic acids is 1. The third-order valence-corrected chi connectivity index (χ3v) is 6.58. The number of thioether (sulfide) groups is 1. The molecule has 6 heteroatoms. The molecule has 5 rings (SSSR count). The van der Waals surface area contributed by atoms with E-state index < -0.39 is 0 Å². The van der Waals surface area contributed by atoms with Crippen LogP contribution in [-0.4, -0.2) is 14.8 Å². The van der Waals surface area contributed by atoms with Crippen molar-refractivity contribution in [1.82, 2.24) is 9.88 Å². The second-order valence-electron chi connectivity index (χ2n) is 7.23. The zero-order valence-electron chi connectivity index (χ0n) is 16.8. The van der Waals surface area contributed by atoms with Gasteiger partial charge in [0.1, 0.15) is 4.32 Å². The van der Waals surface area contributed by atoms with E-state index in [0.717, 1.165) is 33.8 Å². The maximum Gasteiger partial charge on any atom is 0.263 e. The minimum Gasteiger partial charge on any atom is -0.309 e. The quantitative estimate of drug-likeness (QED) is 0.257. The van der Waals surface area contributed by atoms with Crippen molar-refractivity contribution in [3.05, 3.63) is 106 Å². The van der Waals surface area contributed by atoms with Crippen LogP contribution in [0.1, 0.15) is 5.56 Å². The number of rotatable bonds is 4. The molecule has 3 aromatic carbocycles. The van der Waals surface area contributed by atoms with Crippen molar-refractivity contribution in [2.45, 2.75) is 0 Å². The van der Waals surface area contributed by atoms with E-state index in [0.29, 0.717) is 14.2 Å². The van der Waals surface area contributed by atoms with E-state index in [2.05, 4.69) is 40.2 Å². The Balaban J connectivity index is 1.83. The molecule has 0 bridgehead atoms. The lowest BCUT2D eigenvalue weighted by atomic mass is 10.1. The lowest BCUT2D eigenvalue weighted by molar-refractivity contribution is -0.115. The van der Waals surface area contributed by atoms with E-state index >= 15 is 0 Å². The van der Waals surface area contributed by atoms with Crippen molar-refractivity contribution in [3.8, 4) is 28.2 Å². The van der Waals surface area contributed by atoms with Crippen molar-refractivity contribution in [3.63, 3.8) is 0 Å². The number of aromatic nitrogens is 1. The fourth-order valence-corrected chi connectivity index (χ4v) is 4.93. The monoisotopic (exact) mass is 472 g/mol. The number of hydrogen-bond acceptors (Lipinski definition) is 3. The van der Waals surface area contributed by atoms with Gasteiger partial charge in [-0.25, -0.2) is 0 Å². The highest BCUT2D eigenvalue weighted by Crippen LogP contribution is 2.38. The molecule has 1 aliphatic heterocycles. The first-order valence-electron chi connectivity index (χ1n) is 9.97. The van der Waals surface area contributed by atoms with Crippen LogP contribution < -0.4 is 5.32 Å². The second kappa shape index (κ2) is 8.79. The smallest absolute Gasteiger partial charge is 0.263 e. The molecule has 0 radical (unpaired) electrons. The van der Waals surface area contributed by atoms with Gasteiger partial charge in [-0.05, 0) is 47.5 Å². The van der Waals surface area contributed by atoms with Crippen LogP contribution >= 0.6 is 35.6 Å². The minimum atomic E-state index is -0.167. The standard InChI is InChI=1S/C26H17ClN2OS2/c27-20-11-13-21(14-12-20)29-22(17-7-3-1-4-8-17)15-19(16-23-25(30)28-26(31)32-23)24(29)18-9-5-2-6-10-18/h1-16H,(H,28,30,31). The maximum atomic E-state index is 12.4. The van der Waals surface area contributed by atoms with Gasteiger partial charge in [0.2, 0.25) is 0 Å². The molecule has 1 fully saturated rings. The molecule has 1 aliphatic rings. The summed E-state index contributed by atoms with van der Waals surface area (Å²) in [6.07, 6.45) is 1.92. The number of carbonyl (C=O) groups is 1. The molecular formula is C26H17ClN2OS2. The Kier molecular flexibility index (Phi) is 5.70. The van der Waals surface area contributed by atoms with E-state index in [1.807, 2.05) is 66.7 Å². The lowest BCUT2D eigenvalue weighted by Crippen LogP contribution is -2.17.